The lowest BCUT2D eigenvalue weighted by atomic mass is 10.1. The average molecular weight is 661 g/mol. The van der Waals surface area contributed by atoms with Crippen LogP contribution in [0.1, 0.15) is 21.8 Å². The summed E-state index contributed by atoms with van der Waals surface area (Å²) in [4.78, 5) is 17.7. The summed E-state index contributed by atoms with van der Waals surface area (Å²) in [5, 5.41) is 12.2. The van der Waals surface area contributed by atoms with Crippen molar-refractivity contribution in [2.75, 3.05) is 11.1 Å². The van der Waals surface area contributed by atoms with Gasteiger partial charge in [0.15, 0.2) is 16.1 Å². The number of nitrogens with zero attached hydrogens (tertiary/aromatic N) is 4. The van der Waals surface area contributed by atoms with E-state index in [1.54, 1.807) is 12.3 Å². The Labute approximate surface area is 249 Å². The molecule has 0 aliphatic carbocycles. The number of hydrogen-bond acceptors (Lipinski definition) is 7. The summed E-state index contributed by atoms with van der Waals surface area (Å²) in [6.45, 7) is 0.171. The van der Waals surface area contributed by atoms with E-state index in [9.17, 15) is 18.0 Å². The summed E-state index contributed by atoms with van der Waals surface area (Å²) in [5.41, 5.74) is 0.641. The lowest BCUT2D eigenvalue weighted by Crippen LogP contribution is -2.14. The van der Waals surface area contributed by atoms with Crippen molar-refractivity contribution in [1.82, 2.24) is 19.7 Å². The third-order valence-electron chi connectivity index (χ3n) is 5.66. The number of para-hydroxylation sites is 1. The van der Waals surface area contributed by atoms with Crippen LogP contribution < -0.4 is 10.1 Å². The van der Waals surface area contributed by atoms with E-state index in [-0.39, 0.29) is 24.7 Å². The normalized spacial score (nSPS) is 11.4. The smallest absolute Gasteiger partial charge is 0.416 e. The topological polar surface area (TPSA) is 81.9 Å². The molecule has 0 aliphatic rings. The van der Waals surface area contributed by atoms with Crippen LogP contribution in [0.25, 0.3) is 5.69 Å². The fourth-order valence-corrected chi connectivity index (χ4v) is 5.69. The maximum absolute atomic E-state index is 13.0. The Hall–Kier alpha value is -3.68. The number of benzene rings is 3. The maximum Gasteiger partial charge on any atom is 0.416 e. The highest BCUT2D eigenvalue weighted by atomic mass is 79.9. The van der Waals surface area contributed by atoms with Crippen LogP contribution in [0.15, 0.2) is 94.7 Å². The molecule has 0 saturated heterocycles. The predicted octanol–water partition coefficient (Wildman–Crippen LogP) is 7.41. The molecule has 5 aromatic rings. The van der Waals surface area contributed by atoms with Gasteiger partial charge in [-0.1, -0.05) is 64.1 Å². The minimum atomic E-state index is -4.40. The van der Waals surface area contributed by atoms with Gasteiger partial charge in [0, 0.05) is 27.7 Å². The number of carbonyl (C=O) groups excluding carboxylic acids is 1. The number of ether oxygens (including phenoxy) is 1. The zero-order valence-corrected chi connectivity index (χ0v) is 24.4. The van der Waals surface area contributed by atoms with Gasteiger partial charge in [-0.2, -0.15) is 13.2 Å². The van der Waals surface area contributed by atoms with Crippen molar-refractivity contribution in [1.29, 1.82) is 0 Å². The molecule has 0 atom stereocenters. The van der Waals surface area contributed by atoms with Crippen LogP contribution >= 0.6 is 39.0 Å². The van der Waals surface area contributed by atoms with Gasteiger partial charge in [0.2, 0.25) is 5.91 Å². The Kier molecular flexibility index (Phi) is 9.06. The van der Waals surface area contributed by atoms with Gasteiger partial charge in [-0.15, -0.1) is 21.5 Å². The summed E-state index contributed by atoms with van der Waals surface area (Å²) in [6.07, 6.45) is -2.58. The Balaban J connectivity index is 1.22. The summed E-state index contributed by atoms with van der Waals surface area (Å²) in [5.74, 6) is 0.993. The van der Waals surface area contributed by atoms with Crippen LogP contribution in [-0.2, 0) is 24.0 Å². The average Bonchev–Trinajstić information content (AvgIpc) is 3.58. The minimum absolute atomic E-state index is 0.0427. The highest BCUT2D eigenvalue weighted by Gasteiger charge is 2.30. The number of nitrogens with one attached hydrogen (secondary N) is 1. The number of thioether (sulfide) groups is 1. The molecule has 7 nitrogen and oxygen atoms in total. The molecule has 0 bridgehead atoms. The maximum atomic E-state index is 13.0. The fraction of sp³-hybridized carbons (Fsp3) is 0.143. The van der Waals surface area contributed by atoms with Crippen molar-refractivity contribution in [2.24, 2.45) is 0 Å². The van der Waals surface area contributed by atoms with Gasteiger partial charge in [-0.05, 0) is 48.0 Å². The van der Waals surface area contributed by atoms with E-state index in [0.29, 0.717) is 27.4 Å². The quantitative estimate of drug-likeness (QED) is 0.157. The van der Waals surface area contributed by atoms with Crippen LogP contribution in [0.5, 0.6) is 5.75 Å². The first-order valence-corrected chi connectivity index (χ1v) is 14.8. The highest BCUT2D eigenvalue weighted by Crippen LogP contribution is 2.31. The molecule has 1 amide bonds. The van der Waals surface area contributed by atoms with Crippen LogP contribution in [0.2, 0.25) is 0 Å². The number of halogens is 4. The molecule has 1 N–H and O–H groups in total. The molecule has 0 fully saturated rings. The first kappa shape index (κ1) is 28.8. The predicted molar refractivity (Wildman–Crippen MR) is 156 cm³/mol. The second-order valence-corrected chi connectivity index (χ2v) is 11.6. The van der Waals surface area contributed by atoms with Gasteiger partial charge in [-0.25, -0.2) is 4.98 Å². The summed E-state index contributed by atoms with van der Waals surface area (Å²) < 4.78 is 47.7. The third kappa shape index (κ3) is 7.75. The van der Waals surface area contributed by atoms with E-state index in [2.05, 4.69) is 36.4 Å². The number of carbonyl (C=O) groups is 1. The number of thiazole rings is 1. The molecule has 0 spiro atoms. The lowest BCUT2D eigenvalue weighted by molar-refractivity contribution is -0.137. The Bertz CT molecular complexity index is 1630. The van der Waals surface area contributed by atoms with Gasteiger partial charge < -0.3 is 10.1 Å². The molecular weight excluding hydrogens is 639 g/mol. The van der Waals surface area contributed by atoms with E-state index >= 15 is 0 Å². The monoisotopic (exact) mass is 659 g/mol. The molecule has 0 saturated carbocycles. The highest BCUT2D eigenvalue weighted by molar-refractivity contribution is 9.10. The zero-order valence-electron chi connectivity index (χ0n) is 21.1. The van der Waals surface area contributed by atoms with Crippen molar-refractivity contribution in [3.05, 3.63) is 111 Å². The van der Waals surface area contributed by atoms with Gasteiger partial charge in [0.05, 0.1) is 11.3 Å². The second-order valence-electron chi connectivity index (χ2n) is 8.66. The first-order valence-electron chi connectivity index (χ1n) is 12.2. The number of alkyl halides is 3. The third-order valence-corrected chi connectivity index (χ3v) is 8.03. The van der Waals surface area contributed by atoms with Crippen molar-refractivity contribution in [2.45, 2.75) is 24.4 Å². The number of anilines is 1. The molecule has 2 aromatic heterocycles. The van der Waals surface area contributed by atoms with Gasteiger partial charge >= 0.3 is 6.18 Å². The van der Waals surface area contributed by atoms with Crippen LogP contribution in [-0.4, -0.2) is 31.4 Å². The van der Waals surface area contributed by atoms with Crippen molar-refractivity contribution in [3.63, 3.8) is 0 Å². The number of hydrogen-bond donors (Lipinski definition) is 1. The molecular formula is C28H21BrF3N5O2S2. The van der Waals surface area contributed by atoms with E-state index in [1.807, 2.05) is 59.2 Å². The molecule has 0 aliphatic heterocycles. The molecule has 3 aromatic carbocycles. The van der Waals surface area contributed by atoms with Gasteiger partial charge in [0.1, 0.15) is 12.4 Å². The molecule has 41 heavy (non-hydrogen) atoms. The van der Waals surface area contributed by atoms with E-state index in [0.717, 1.165) is 27.2 Å². The van der Waals surface area contributed by atoms with E-state index in [1.165, 1.54) is 29.2 Å². The largest absolute Gasteiger partial charge is 0.486 e. The lowest BCUT2D eigenvalue weighted by Gasteiger charge is -2.11. The Morgan fingerprint density at radius 1 is 1.02 bits per heavy atom. The van der Waals surface area contributed by atoms with Gasteiger partial charge in [0.25, 0.3) is 0 Å². The molecule has 0 unspecified atom stereocenters. The van der Waals surface area contributed by atoms with Crippen molar-refractivity contribution < 1.29 is 22.7 Å². The molecule has 2 heterocycles. The number of rotatable bonds is 10. The SMILES string of the molecule is O=C(CSc1nnc(COc2ccc(Br)cc2)n1-c1ccccc1)Nc1ncc(Cc2cccc(C(F)(F)F)c2)s1. The van der Waals surface area contributed by atoms with E-state index in [4.69, 9.17) is 4.74 Å². The van der Waals surface area contributed by atoms with Gasteiger partial charge in [-0.3, -0.25) is 9.36 Å². The zero-order chi connectivity index (χ0) is 28.8. The van der Waals surface area contributed by atoms with Crippen LogP contribution in [0.4, 0.5) is 18.3 Å². The van der Waals surface area contributed by atoms with Crippen LogP contribution in [0.3, 0.4) is 0 Å². The fourth-order valence-electron chi connectivity index (χ4n) is 3.79. The molecule has 13 heteroatoms. The van der Waals surface area contributed by atoms with Crippen LogP contribution in [0, 0.1) is 0 Å². The molecule has 5 rings (SSSR count). The van der Waals surface area contributed by atoms with E-state index < -0.39 is 11.7 Å². The minimum Gasteiger partial charge on any atom is -0.486 e. The van der Waals surface area contributed by atoms with Crippen molar-refractivity contribution in [3.8, 4) is 11.4 Å². The molecule has 210 valence electrons. The molecule has 0 radical (unpaired) electrons. The Morgan fingerprint density at radius 2 is 1.80 bits per heavy atom. The summed E-state index contributed by atoms with van der Waals surface area (Å²) in [7, 11) is 0. The first-order chi connectivity index (χ1) is 19.7. The standard InChI is InChI=1S/C28H21BrF3N5O2S2/c29-20-9-11-22(12-10-20)39-16-24-35-36-27(37(24)21-7-2-1-3-8-21)40-17-25(38)34-26-33-15-23(41-26)14-18-5-4-6-19(13-18)28(30,31)32/h1-13,15H,14,16-17H2,(H,33,34,38). The Morgan fingerprint density at radius 3 is 2.56 bits per heavy atom. The summed E-state index contributed by atoms with van der Waals surface area (Å²) in [6, 6.07) is 22.2. The second kappa shape index (κ2) is 12.9. The van der Waals surface area contributed by atoms with Crippen molar-refractivity contribution >= 4 is 50.1 Å². The summed E-state index contributed by atoms with van der Waals surface area (Å²) >= 11 is 5.83. The number of amides is 1. The number of aromatic nitrogens is 4.